The summed E-state index contributed by atoms with van der Waals surface area (Å²) in [5.41, 5.74) is 6.70. The van der Waals surface area contributed by atoms with Crippen molar-refractivity contribution in [2.24, 2.45) is 11.7 Å². The lowest BCUT2D eigenvalue weighted by molar-refractivity contribution is 0.0464. The summed E-state index contributed by atoms with van der Waals surface area (Å²) in [6.07, 6.45) is 3.55. The maximum absolute atomic E-state index is 9.23. The molecule has 0 unspecified atom stereocenters. The summed E-state index contributed by atoms with van der Waals surface area (Å²) in [5.74, 6) is 1.56. The van der Waals surface area contributed by atoms with Crippen LogP contribution in [0, 0.1) is 5.92 Å². The minimum Gasteiger partial charge on any atom is -0.393 e. The number of rotatable bonds is 4. The first-order valence-corrected chi connectivity index (χ1v) is 5.73. The maximum atomic E-state index is 9.23. The maximum Gasteiger partial charge on any atom is 0.128 e. The van der Waals surface area contributed by atoms with Crippen LogP contribution in [-0.4, -0.2) is 29.8 Å². The summed E-state index contributed by atoms with van der Waals surface area (Å²) in [5, 5.41) is 9.23. The van der Waals surface area contributed by atoms with Gasteiger partial charge in [0.2, 0.25) is 0 Å². The molecule has 2 rings (SSSR count). The quantitative estimate of drug-likeness (QED) is 0.787. The molecule has 0 spiro atoms. The summed E-state index contributed by atoms with van der Waals surface area (Å²) < 4.78 is 0. The largest absolute Gasteiger partial charge is 0.393 e. The summed E-state index contributed by atoms with van der Waals surface area (Å²) in [4.78, 5) is 6.46. The number of hydrogen-bond donors (Lipinski definition) is 2. The lowest BCUT2D eigenvalue weighted by Gasteiger charge is -2.34. The molecule has 0 aromatic carbocycles. The molecule has 0 radical (unpaired) electrons. The van der Waals surface area contributed by atoms with Gasteiger partial charge in [-0.3, -0.25) is 0 Å². The van der Waals surface area contributed by atoms with Crippen LogP contribution < -0.4 is 10.6 Å². The van der Waals surface area contributed by atoms with Gasteiger partial charge in [-0.1, -0.05) is 0 Å². The van der Waals surface area contributed by atoms with Crippen molar-refractivity contribution < 1.29 is 5.11 Å². The van der Waals surface area contributed by atoms with Crippen molar-refractivity contribution in [3.05, 3.63) is 23.9 Å². The lowest BCUT2D eigenvalue weighted by Crippen LogP contribution is -2.37. The number of anilines is 1. The van der Waals surface area contributed by atoms with E-state index in [4.69, 9.17) is 5.73 Å². The fraction of sp³-hybridized carbons (Fsp3) is 0.583. The SMILES string of the molecule is CN(CC1CC(O)C1)c1cc(CN)ccn1. The zero-order valence-electron chi connectivity index (χ0n) is 9.63. The topological polar surface area (TPSA) is 62.4 Å². The molecule has 0 bridgehead atoms. The average molecular weight is 221 g/mol. The van der Waals surface area contributed by atoms with Crippen LogP contribution in [0.25, 0.3) is 0 Å². The van der Waals surface area contributed by atoms with Gasteiger partial charge in [0.1, 0.15) is 5.82 Å². The second-order valence-corrected chi connectivity index (χ2v) is 4.60. The number of nitrogens with zero attached hydrogens (tertiary/aromatic N) is 2. The zero-order valence-corrected chi connectivity index (χ0v) is 9.63. The van der Waals surface area contributed by atoms with Gasteiger partial charge in [0.25, 0.3) is 0 Å². The van der Waals surface area contributed by atoms with E-state index < -0.39 is 0 Å². The van der Waals surface area contributed by atoms with Crippen LogP contribution in [0.15, 0.2) is 18.3 Å². The second-order valence-electron chi connectivity index (χ2n) is 4.60. The first-order valence-electron chi connectivity index (χ1n) is 5.73. The standard InChI is InChI=1S/C12H19N3O/c1-15(8-10-4-11(16)5-10)12-6-9(7-13)2-3-14-12/h2-3,6,10-11,16H,4-5,7-8,13H2,1H3. The summed E-state index contributed by atoms with van der Waals surface area (Å²) in [6, 6.07) is 3.96. The van der Waals surface area contributed by atoms with Crippen LogP contribution in [0.1, 0.15) is 18.4 Å². The number of aliphatic hydroxyl groups is 1. The van der Waals surface area contributed by atoms with E-state index in [2.05, 4.69) is 9.88 Å². The number of hydrogen-bond acceptors (Lipinski definition) is 4. The predicted molar refractivity (Wildman–Crippen MR) is 64.1 cm³/mol. The molecule has 3 N–H and O–H groups in total. The van der Waals surface area contributed by atoms with Crippen LogP contribution >= 0.6 is 0 Å². The number of pyridine rings is 1. The molecule has 1 heterocycles. The predicted octanol–water partition coefficient (Wildman–Crippen LogP) is 0.747. The van der Waals surface area contributed by atoms with Crippen molar-refractivity contribution in [2.75, 3.05) is 18.5 Å². The molecule has 1 saturated carbocycles. The van der Waals surface area contributed by atoms with Gasteiger partial charge in [0.15, 0.2) is 0 Å². The highest BCUT2D eigenvalue weighted by Gasteiger charge is 2.28. The Morgan fingerprint density at radius 2 is 2.31 bits per heavy atom. The highest BCUT2D eigenvalue weighted by atomic mass is 16.3. The van der Waals surface area contributed by atoms with Gasteiger partial charge < -0.3 is 15.7 Å². The number of nitrogens with two attached hydrogens (primary N) is 1. The Balaban J connectivity index is 1.94. The van der Waals surface area contributed by atoms with E-state index in [-0.39, 0.29) is 6.10 Å². The van der Waals surface area contributed by atoms with Crippen molar-refractivity contribution in [3.63, 3.8) is 0 Å². The fourth-order valence-corrected chi connectivity index (χ4v) is 2.13. The Bertz CT molecular complexity index is 350. The number of aromatic nitrogens is 1. The second kappa shape index (κ2) is 4.80. The molecule has 0 amide bonds. The van der Waals surface area contributed by atoms with Gasteiger partial charge >= 0.3 is 0 Å². The van der Waals surface area contributed by atoms with E-state index >= 15 is 0 Å². The Kier molecular flexibility index (Phi) is 3.41. The van der Waals surface area contributed by atoms with E-state index in [1.165, 1.54) is 0 Å². The number of aliphatic hydroxyl groups excluding tert-OH is 1. The molecule has 16 heavy (non-hydrogen) atoms. The highest BCUT2D eigenvalue weighted by Crippen LogP contribution is 2.28. The smallest absolute Gasteiger partial charge is 0.128 e. The minimum absolute atomic E-state index is 0.0817. The molecule has 4 nitrogen and oxygen atoms in total. The molecule has 88 valence electrons. The summed E-state index contributed by atoms with van der Waals surface area (Å²) >= 11 is 0. The normalized spacial score (nSPS) is 23.9. The van der Waals surface area contributed by atoms with Gasteiger partial charge in [-0.05, 0) is 36.5 Å². The molecule has 1 aromatic heterocycles. The average Bonchev–Trinajstić information content (AvgIpc) is 2.27. The van der Waals surface area contributed by atoms with Gasteiger partial charge in [0, 0.05) is 26.3 Å². The molecule has 1 aliphatic carbocycles. The van der Waals surface area contributed by atoms with Crippen LogP contribution in [-0.2, 0) is 6.54 Å². The monoisotopic (exact) mass is 221 g/mol. The third-order valence-corrected chi connectivity index (χ3v) is 3.18. The highest BCUT2D eigenvalue weighted by molar-refractivity contribution is 5.40. The van der Waals surface area contributed by atoms with Crippen LogP contribution in [0.4, 0.5) is 5.82 Å². The Labute approximate surface area is 96.1 Å². The molecular formula is C12H19N3O. The Morgan fingerprint density at radius 1 is 1.56 bits per heavy atom. The van der Waals surface area contributed by atoms with Crippen molar-refractivity contribution in [1.82, 2.24) is 4.98 Å². The molecule has 4 heteroatoms. The van der Waals surface area contributed by atoms with Crippen molar-refractivity contribution in [1.29, 1.82) is 0 Å². The van der Waals surface area contributed by atoms with Gasteiger partial charge in [-0.2, -0.15) is 0 Å². The van der Waals surface area contributed by atoms with Crippen LogP contribution in [0.3, 0.4) is 0 Å². The van der Waals surface area contributed by atoms with Crippen molar-refractivity contribution in [2.45, 2.75) is 25.5 Å². The Morgan fingerprint density at radius 3 is 2.94 bits per heavy atom. The van der Waals surface area contributed by atoms with Gasteiger partial charge in [-0.25, -0.2) is 4.98 Å². The molecule has 1 aliphatic rings. The summed E-state index contributed by atoms with van der Waals surface area (Å²) in [6.45, 7) is 1.50. The third-order valence-electron chi connectivity index (χ3n) is 3.18. The molecule has 0 aliphatic heterocycles. The van der Waals surface area contributed by atoms with Crippen LogP contribution in [0.2, 0.25) is 0 Å². The molecule has 0 atom stereocenters. The lowest BCUT2D eigenvalue weighted by atomic mass is 9.82. The van der Waals surface area contributed by atoms with E-state index in [1.54, 1.807) is 6.20 Å². The summed E-state index contributed by atoms with van der Waals surface area (Å²) in [7, 11) is 2.04. The Hall–Kier alpha value is -1.13. The van der Waals surface area contributed by atoms with E-state index in [9.17, 15) is 5.11 Å². The van der Waals surface area contributed by atoms with Crippen LogP contribution in [0.5, 0.6) is 0 Å². The molecule has 0 saturated heterocycles. The molecule has 1 fully saturated rings. The third kappa shape index (κ3) is 2.51. The zero-order chi connectivity index (χ0) is 11.5. The first-order chi connectivity index (χ1) is 7.69. The first kappa shape index (κ1) is 11.4. The minimum atomic E-state index is -0.0817. The van der Waals surface area contributed by atoms with E-state index in [0.29, 0.717) is 12.5 Å². The van der Waals surface area contributed by atoms with Gasteiger partial charge in [-0.15, -0.1) is 0 Å². The van der Waals surface area contributed by atoms with Crippen molar-refractivity contribution >= 4 is 5.82 Å². The van der Waals surface area contributed by atoms with E-state index in [1.807, 2.05) is 19.2 Å². The van der Waals surface area contributed by atoms with Gasteiger partial charge in [0.05, 0.1) is 6.10 Å². The molecular weight excluding hydrogens is 202 g/mol. The van der Waals surface area contributed by atoms with Crippen molar-refractivity contribution in [3.8, 4) is 0 Å². The fourth-order valence-electron chi connectivity index (χ4n) is 2.13. The van der Waals surface area contributed by atoms with E-state index in [0.717, 1.165) is 30.8 Å². The molecule has 1 aromatic rings.